The van der Waals surface area contributed by atoms with Crippen molar-refractivity contribution in [3.05, 3.63) is 40.5 Å². The van der Waals surface area contributed by atoms with Crippen molar-refractivity contribution in [3.63, 3.8) is 0 Å². The highest BCUT2D eigenvalue weighted by Crippen LogP contribution is 2.40. The number of halogens is 1. The molecular formula is C22H24ClN3O2S. The van der Waals surface area contributed by atoms with Gasteiger partial charge in [-0.1, -0.05) is 31.2 Å². The van der Waals surface area contributed by atoms with Gasteiger partial charge in [0.1, 0.15) is 10.6 Å². The first-order valence-corrected chi connectivity index (χ1v) is 11.3. The fraction of sp³-hybridized carbons (Fsp3) is 0.409. The van der Waals surface area contributed by atoms with Crippen LogP contribution in [0.3, 0.4) is 0 Å². The topological polar surface area (TPSA) is 55.3 Å². The number of hydrogen-bond donors (Lipinski definition) is 0. The molecule has 0 saturated carbocycles. The Morgan fingerprint density at radius 1 is 1.28 bits per heavy atom. The van der Waals surface area contributed by atoms with Gasteiger partial charge in [-0.25, -0.2) is 4.98 Å². The van der Waals surface area contributed by atoms with E-state index in [-0.39, 0.29) is 17.2 Å². The predicted molar refractivity (Wildman–Crippen MR) is 119 cm³/mol. The summed E-state index contributed by atoms with van der Waals surface area (Å²) in [5.74, 6) is 0.539. The maximum absolute atomic E-state index is 12.3. The molecule has 0 radical (unpaired) electrons. The number of nitrogens with zero attached hydrogens (tertiary/aromatic N) is 3. The zero-order valence-corrected chi connectivity index (χ0v) is 18.2. The third-order valence-corrected chi connectivity index (χ3v) is 6.44. The van der Waals surface area contributed by atoms with Gasteiger partial charge in [0, 0.05) is 24.0 Å². The fourth-order valence-electron chi connectivity index (χ4n) is 3.88. The Morgan fingerprint density at radius 3 is 2.79 bits per heavy atom. The number of benzene rings is 1. The molecule has 1 atom stereocenters. The van der Waals surface area contributed by atoms with Crippen LogP contribution in [0.15, 0.2) is 29.6 Å². The van der Waals surface area contributed by atoms with Crippen molar-refractivity contribution in [2.45, 2.75) is 33.1 Å². The molecule has 1 aliphatic rings. The van der Waals surface area contributed by atoms with Crippen molar-refractivity contribution in [2.75, 3.05) is 24.6 Å². The van der Waals surface area contributed by atoms with Gasteiger partial charge in [-0.3, -0.25) is 4.79 Å². The zero-order valence-electron chi connectivity index (χ0n) is 16.7. The van der Waals surface area contributed by atoms with E-state index in [1.54, 1.807) is 11.3 Å². The first-order chi connectivity index (χ1) is 14.1. The van der Waals surface area contributed by atoms with Crippen LogP contribution in [0.25, 0.3) is 21.3 Å². The number of aryl methyl sites for hydroxylation is 1. The van der Waals surface area contributed by atoms with Gasteiger partial charge in [0.2, 0.25) is 5.28 Å². The highest BCUT2D eigenvalue weighted by molar-refractivity contribution is 7.17. The normalized spacial score (nSPS) is 16.9. The average Bonchev–Trinajstić information content (AvgIpc) is 3.17. The van der Waals surface area contributed by atoms with E-state index in [0.29, 0.717) is 13.2 Å². The second-order valence-corrected chi connectivity index (χ2v) is 8.43. The number of carbonyl (C=O) groups is 1. The Kier molecular flexibility index (Phi) is 6.01. The smallest absolute Gasteiger partial charge is 0.310 e. The molecule has 152 valence electrons. The van der Waals surface area contributed by atoms with Crippen LogP contribution in [-0.2, 0) is 16.0 Å². The Morgan fingerprint density at radius 2 is 2.07 bits per heavy atom. The largest absolute Gasteiger partial charge is 0.466 e. The summed E-state index contributed by atoms with van der Waals surface area (Å²) in [7, 11) is 0. The summed E-state index contributed by atoms with van der Waals surface area (Å²) in [5.41, 5.74) is 3.55. The number of piperidine rings is 1. The summed E-state index contributed by atoms with van der Waals surface area (Å²) in [6.45, 7) is 5.82. The number of aromatic nitrogens is 2. The molecule has 4 rings (SSSR count). The summed E-state index contributed by atoms with van der Waals surface area (Å²) in [4.78, 5) is 24.4. The summed E-state index contributed by atoms with van der Waals surface area (Å²) in [6, 6.07) is 8.62. The van der Waals surface area contributed by atoms with E-state index < -0.39 is 0 Å². The summed E-state index contributed by atoms with van der Waals surface area (Å²) in [6.07, 6.45) is 2.77. The van der Waals surface area contributed by atoms with Crippen LogP contribution in [0.5, 0.6) is 0 Å². The molecule has 3 aromatic rings. The highest BCUT2D eigenvalue weighted by atomic mass is 35.5. The molecule has 0 amide bonds. The van der Waals surface area contributed by atoms with Crippen LogP contribution < -0.4 is 4.90 Å². The van der Waals surface area contributed by atoms with Gasteiger partial charge in [0.05, 0.1) is 17.9 Å². The van der Waals surface area contributed by atoms with Crippen LogP contribution in [0, 0.1) is 5.92 Å². The Bertz CT molecular complexity index is 1020. The van der Waals surface area contributed by atoms with Crippen molar-refractivity contribution < 1.29 is 9.53 Å². The Hall–Kier alpha value is -2.18. The average molecular weight is 430 g/mol. The molecule has 3 heterocycles. The van der Waals surface area contributed by atoms with Crippen molar-refractivity contribution in [3.8, 4) is 11.1 Å². The molecule has 1 aliphatic heterocycles. The minimum Gasteiger partial charge on any atom is -0.466 e. The lowest BCUT2D eigenvalue weighted by Crippen LogP contribution is -2.40. The third kappa shape index (κ3) is 4.09. The molecule has 1 saturated heterocycles. The molecule has 2 aromatic heterocycles. The van der Waals surface area contributed by atoms with Crippen molar-refractivity contribution in [2.24, 2.45) is 5.92 Å². The van der Waals surface area contributed by atoms with Gasteiger partial charge < -0.3 is 9.64 Å². The minimum atomic E-state index is -0.140. The summed E-state index contributed by atoms with van der Waals surface area (Å²) in [5, 5.41) is 3.36. The lowest BCUT2D eigenvalue weighted by molar-refractivity contribution is -0.148. The number of carbonyl (C=O) groups excluding carboxylic acids is 1. The number of hydrogen-bond acceptors (Lipinski definition) is 6. The first kappa shape index (κ1) is 20.1. The molecule has 29 heavy (non-hydrogen) atoms. The van der Waals surface area contributed by atoms with Gasteiger partial charge in [-0.05, 0) is 48.9 Å². The van der Waals surface area contributed by atoms with Gasteiger partial charge in [0.25, 0.3) is 0 Å². The lowest BCUT2D eigenvalue weighted by Gasteiger charge is -2.33. The van der Waals surface area contributed by atoms with Gasteiger partial charge >= 0.3 is 5.97 Å². The van der Waals surface area contributed by atoms with Crippen LogP contribution in [0.1, 0.15) is 32.3 Å². The van der Waals surface area contributed by atoms with Gasteiger partial charge in [-0.2, -0.15) is 4.98 Å². The fourth-order valence-corrected chi connectivity index (χ4v) is 5.04. The third-order valence-electron chi connectivity index (χ3n) is 5.40. The molecule has 0 aliphatic carbocycles. The molecule has 7 heteroatoms. The molecule has 1 fully saturated rings. The predicted octanol–water partition coefficient (Wildman–Crippen LogP) is 5.35. The molecule has 5 nitrogen and oxygen atoms in total. The Balaban J connectivity index is 1.75. The lowest BCUT2D eigenvalue weighted by atomic mass is 9.97. The standard InChI is InChI=1S/C22H24ClN3O2S/c1-3-14-7-9-15(10-8-14)17-13-29-20-18(17)19(24-22(23)25-20)26-11-5-6-16(12-26)21(27)28-4-2/h7-10,13,16H,3-6,11-12H2,1-2H3. The van der Waals surface area contributed by atoms with Crippen molar-refractivity contribution >= 4 is 44.9 Å². The van der Waals surface area contributed by atoms with E-state index in [1.165, 1.54) is 5.56 Å². The van der Waals surface area contributed by atoms with Crippen LogP contribution in [0.4, 0.5) is 5.82 Å². The Labute approximate surface area is 179 Å². The molecular weight excluding hydrogens is 406 g/mol. The molecule has 1 unspecified atom stereocenters. The second kappa shape index (κ2) is 8.67. The number of fused-ring (bicyclic) bond motifs is 1. The number of esters is 1. The van der Waals surface area contributed by atoms with Crippen LogP contribution >= 0.6 is 22.9 Å². The quantitative estimate of drug-likeness (QED) is 0.404. The van der Waals surface area contributed by atoms with E-state index in [2.05, 4.69) is 51.4 Å². The maximum atomic E-state index is 12.3. The van der Waals surface area contributed by atoms with E-state index in [1.807, 2.05) is 6.92 Å². The van der Waals surface area contributed by atoms with E-state index in [4.69, 9.17) is 16.3 Å². The number of thiophene rings is 1. The molecule has 0 bridgehead atoms. The van der Waals surface area contributed by atoms with Crippen LogP contribution in [0.2, 0.25) is 5.28 Å². The van der Waals surface area contributed by atoms with Gasteiger partial charge in [-0.15, -0.1) is 11.3 Å². The zero-order chi connectivity index (χ0) is 20.4. The number of anilines is 1. The van der Waals surface area contributed by atoms with E-state index >= 15 is 0 Å². The van der Waals surface area contributed by atoms with Gasteiger partial charge in [0.15, 0.2) is 0 Å². The maximum Gasteiger partial charge on any atom is 0.310 e. The monoisotopic (exact) mass is 429 g/mol. The van der Waals surface area contributed by atoms with Crippen molar-refractivity contribution in [1.29, 1.82) is 0 Å². The van der Waals surface area contributed by atoms with Crippen LogP contribution in [-0.4, -0.2) is 35.6 Å². The number of ether oxygens (including phenoxy) is 1. The first-order valence-electron chi connectivity index (χ1n) is 10.1. The second-order valence-electron chi connectivity index (χ2n) is 7.23. The van der Waals surface area contributed by atoms with Crippen molar-refractivity contribution in [1.82, 2.24) is 9.97 Å². The van der Waals surface area contributed by atoms with E-state index in [9.17, 15) is 4.79 Å². The number of rotatable bonds is 5. The summed E-state index contributed by atoms with van der Waals surface area (Å²) < 4.78 is 5.25. The summed E-state index contributed by atoms with van der Waals surface area (Å²) >= 11 is 7.83. The molecule has 0 N–H and O–H groups in total. The SMILES string of the molecule is CCOC(=O)C1CCCN(c2nc(Cl)nc3scc(-c4ccc(CC)cc4)c23)C1. The van der Waals surface area contributed by atoms with E-state index in [0.717, 1.165) is 53.0 Å². The minimum absolute atomic E-state index is 0.130. The molecule has 1 aromatic carbocycles. The molecule has 0 spiro atoms. The highest BCUT2D eigenvalue weighted by Gasteiger charge is 2.29.